The van der Waals surface area contributed by atoms with E-state index in [4.69, 9.17) is 16.3 Å². The van der Waals surface area contributed by atoms with E-state index in [1.165, 1.54) is 0 Å². The van der Waals surface area contributed by atoms with Crippen LogP contribution in [-0.4, -0.2) is 9.78 Å². The van der Waals surface area contributed by atoms with Gasteiger partial charge in [-0.05, 0) is 18.4 Å². The lowest BCUT2D eigenvalue weighted by Crippen LogP contribution is -2.03. The van der Waals surface area contributed by atoms with Gasteiger partial charge in [-0.1, -0.05) is 48.0 Å². The highest BCUT2D eigenvalue weighted by Gasteiger charge is 2.12. The third kappa shape index (κ3) is 2.25. The van der Waals surface area contributed by atoms with Crippen LogP contribution >= 0.6 is 11.6 Å². The fourth-order valence-electron chi connectivity index (χ4n) is 2.30. The number of benzene rings is 2. The van der Waals surface area contributed by atoms with Crippen LogP contribution in [-0.2, 0) is 13.7 Å². The highest BCUT2D eigenvalue weighted by atomic mass is 35.5. The van der Waals surface area contributed by atoms with Crippen LogP contribution in [0.5, 0.6) is 5.75 Å². The normalized spacial score (nSPS) is 10.9. The van der Waals surface area contributed by atoms with Crippen molar-refractivity contribution in [3.63, 3.8) is 0 Å². The van der Waals surface area contributed by atoms with E-state index in [1.54, 1.807) is 4.68 Å². The first-order valence-corrected chi connectivity index (χ1v) is 6.83. The van der Waals surface area contributed by atoms with Crippen molar-refractivity contribution < 1.29 is 4.74 Å². The first kappa shape index (κ1) is 13.0. The Morgan fingerprint density at radius 3 is 2.65 bits per heavy atom. The van der Waals surface area contributed by atoms with Gasteiger partial charge in [0.05, 0.1) is 16.4 Å². The minimum Gasteiger partial charge on any atom is -0.487 e. The minimum absolute atomic E-state index is 0.407. The van der Waals surface area contributed by atoms with Crippen LogP contribution in [0.3, 0.4) is 0 Å². The number of nitrogens with zero attached hydrogens (tertiary/aromatic N) is 2. The fraction of sp³-hybridized carbons (Fsp3) is 0.188. The smallest absolute Gasteiger partial charge is 0.131 e. The monoisotopic (exact) mass is 286 g/mol. The number of fused-ring (bicyclic) bond motifs is 1. The van der Waals surface area contributed by atoms with Crippen LogP contribution in [0.1, 0.15) is 11.4 Å². The quantitative estimate of drug-likeness (QED) is 0.724. The summed E-state index contributed by atoms with van der Waals surface area (Å²) in [4.78, 5) is 0. The van der Waals surface area contributed by atoms with Crippen molar-refractivity contribution >= 4 is 22.4 Å². The van der Waals surface area contributed by atoms with Gasteiger partial charge in [0, 0.05) is 12.4 Å². The van der Waals surface area contributed by atoms with E-state index in [0.717, 1.165) is 27.9 Å². The van der Waals surface area contributed by atoms with E-state index >= 15 is 0 Å². The van der Waals surface area contributed by atoms with Gasteiger partial charge in [-0.3, -0.25) is 4.68 Å². The summed E-state index contributed by atoms with van der Waals surface area (Å²) in [6, 6.07) is 14.2. The van der Waals surface area contributed by atoms with Gasteiger partial charge in [0.25, 0.3) is 0 Å². The summed E-state index contributed by atoms with van der Waals surface area (Å²) in [5, 5.41) is 7.23. The van der Waals surface area contributed by atoms with E-state index in [0.29, 0.717) is 11.6 Å². The number of halogens is 1. The Morgan fingerprint density at radius 2 is 1.90 bits per heavy atom. The maximum Gasteiger partial charge on any atom is 0.131 e. The summed E-state index contributed by atoms with van der Waals surface area (Å²) < 4.78 is 7.70. The Balaban J connectivity index is 1.91. The average molecular weight is 287 g/mol. The van der Waals surface area contributed by atoms with Crippen LogP contribution in [0.2, 0.25) is 5.02 Å². The van der Waals surface area contributed by atoms with Gasteiger partial charge >= 0.3 is 0 Å². The molecule has 0 radical (unpaired) electrons. The molecule has 0 aliphatic carbocycles. The van der Waals surface area contributed by atoms with Crippen molar-refractivity contribution in [2.75, 3.05) is 0 Å². The lowest BCUT2D eigenvalue weighted by atomic mass is 10.1. The zero-order valence-electron chi connectivity index (χ0n) is 11.4. The molecule has 3 nitrogen and oxygen atoms in total. The number of ether oxygens (including phenoxy) is 1. The molecule has 4 heteroatoms. The minimum atomic E-state index is 0.407. The number of aromatic nitrogens is 2. The molecule has 1 heterocycles. The SMILES string of the molecule is Cc1nn(C)c(COc2cccc3ccccc23)c1Cl. The van der Waals surface area contributed by atoms with Gasteiger partial charge in [-0.25, -0.2) is 0 Å². The Morgan fingerprint density at radius 1 is 1.15 bits per heavy atom. The second-order valence-electron chi connectivity index (χ2n) is 4.74. The molecule has 0 saturated heterocycles. The van der Waals surface area contributed by atoms with Gasteiger partial charge in [0.15, 0.2) is 0 Å². The summed E-state index contributed by atoms with van der Waals surface area (Å²) in [6.45, 7) is 2.30. The number of rotatable bonds is 3. The Labute approximate surface area is 122 Å². The zero-order chi connectivity index (χ0) is 14.1. The van der Waals surface area contributed by atoms with Crippen molar-refractivity contribution in [3.05, 3.63) is 58.9 Å². The molecule has 0 atom stereocenters. The first-order valence-electron chi connectivity index (χ1n) is 6.45. The number of hydrogen-bond donors (Lipinski definition) is 0. The van der Waals surface area contributed by atoms with Crippen molar-refractivity contribution in [2.24, 2.45) is 7.05 Å². The molecular weight excluding hydrogens is 272 g/mol. The fourth-order valence-corrected chi connectivity index (χ4v) is 2.52. The first-order chi connectivity index (χ1) is 9.66. The van der Waals surface area contributed by atoms with Crippen LogP contribution in [0.25, 0.3) is 10.8 Å². The van der Waals surface area contributed by atoms with Gasteiger partial charge in [0.1, 0.15) is 12.4 Å². The van der Waals surface area contributed by atoms with Gasteiger partial charge in [-0.15, -0.1) is 0 Å². The third-order valence-electron chi connectivity index (χ3n) is 3.38. The molecule has 2 aromatic carbocycles. The zero-order valence-corrected chi connectivity index (χ0v) is 12.2. The molecule has 0 aliphatic heterocycles. The maximum atomic E-state index is 6.24. The highest BCUT2D eigenvalue weighted by molar-refractivity contribution is 6.31. The molecule has 0 fully saturated rings. The summed E-state index contributed by atoms with van der Waals surface area (Å²) in [7, 11) is 1.88. The Hall–Kier alpha value is -2.00. The second-order valence-corrected chi connectivity index (χ2v) is 5.11. The molecule has 3 rings (SSSR count). The van der Waals surface area contributed by atoms with Crippen LogP contribution < -0.4 is 4.74 Å². The maximum absolute atomic E-state index is 6.24. The van der Waals surface area contributed by atoms with Crippen LogP contribution in [0.4, 0.5) is 0 Å². The van der Waals surface area contributed by atoms with Crippen LogP contribution in [0.15, 0.2) is 42.5 Å². The summed E-state index contributed by atoms with van der Waals surface area (Å²) >= 11 is 6.24. The van der Waals surface area contributed by atoms with E-state index in [2.05, 4.69) is 23.3 Å². The summed E-state index contributed by atoms with van der Waals surface area (Å²) in [5.74, 6) is 0.859. The van der Waals surface area contributed by atoms with Crippen LogP contribution in [0, 0.1) is 6.92 Å². The second kappa shape index (κ2) is 5.17. The molecular formula is C16H15ClN2O. The van der Waals surface area contributed by atoms with Gasteiger partial charge < -0.3 is 4.74 Å². The molecule has 0 unspecified atom stereocenters. The van der Waals surface area contributed by atoms with Gasteiger partial charge in [0.2, 0.25) is 0 Å². The summed E-state index contributed by atoms with van der Waals surface area (Å²) in [6.07, 6.45) is 0. The lowest BCUT2D eigenvalue weighted by molar-refractivity contribution is 0.298. The molecule has 20 heavy (non-hydrogen) atoms. The Bertz CT molecular complexity index is 759. The van der Waals surface area contributed by atoms with E-state index in [1.807, 2.05) is 38.2 Å². The molecule has 102 valence electrons. The third-order valence-corrected chi connectivity index (χ3v) is 3.87. The predicted octanol–water partition coefficient (Wildman–Crippen LogP) is 4.11. The van der Waals surface area contributed by atoms with Gasteiger partial charge in [-0.2, -0.15) is 5.10 Å². The van der Waals surface area contributed by atoms with Crippen molar-refractivity contribution in [2.45, 2.75) is 13.5 Å². The average Bonchev–Trinajstić information content (AvgIpc) is 2.70. The van der Waals surface area contributed by atoms with Crippen molar-refractivity contribution in [3.8, 4) is 5.75 Å². The van der Waals surface area contributed by atoms with E-state index in [-0.39, 0.29) is 0 Å². The predicted molar refractivity (Wildman–Crippen MR) is 81.2 cm³/mol. The molecule has 1 aromatic heterocycles. The van der Waals surface area contributed by atoms with Crippen molar-refractivity contribution in [1.29, 1.82) is 0 Å². The lowest BCUT2D eigenvalue weighted by Gasteiger charge is -2.09. The van der Waals surface area contributed by atoms with Crippen molar-refractivity contribution in [1.82, 2.24) is 9.78 Å². The topological polar surface area (TPSA) is 27.1 Å². The molecule has 0 bridgehead atoms. The Kier molecular flexibility index (Phi) is 3.36. The molecule has 0 amide bonds. The standard InChI is InChI=1S/C16H15ClN2O/c1-11-16(17)14(19(2)18-11)10-20-15-9-5-7-12-6-3-4-8-13(12)15/h3-9H,10H2,1-2H3. The highest BCUT2D eigenvalue weighted by Crippen LogP contribution is 2.27. The van der Waals surface area contributed by atoms with E-state index < -0.39 is 0 Å². The molecule has 0 saturated carbocycles. The van der Waals surface area contributed by atoms with E-state index in [9.17, 15) is 0 Å². The molecule has 0 aliphatic rings. The molecule has 0 spiro atoms. The number of aryl methyl sites for hydroxylation is 2. The summed E-state index contributed by atoms with van der Waals surface area (Å²) in [5.41, 5.74) is 1.71. The largest absolute Gasteiger partial charge is 0.487 e. The molecule has 3 aromatic rings. The number of hydrogen-bond acceptors (Lipinski definition) is 2. The molecule has 0 N–H and O–H groups in total.